The monoisotopic (exact) mass is 379 g/mol. The summed E-state index contributed by atoms with van der Waals surface area (Å²) in [7, 11) is 1.20. The van der Waals surface area contributed by atoms with Gasteiger partial charge in [0.1, 0.15) is 0 Å². The normalized spacial score (nSPS) is 12.1. The molecule has 0 saturated carbocycles. The van der Waals surface area contributed by atoms with Gasteiger partial charge >= 0.3 is 18.0 Å². The van der Waals surface area contributed by atoms with Gasteiger partial charge in [-0.25, -0.2) is 9.78 Å². The molecule has 1 aromatic carbocycles. The van der Waals surface area contributed by atoms with Crippen LogP contribution in [0.1, 0.15) is 27.0 Å². The number of halogens is 6. The Morgan fingerprint density at radius 2 is 1.62 bits per heavy atom. The van der Waals surface area contributed by atoms with E-state index in [2.05, 4.69) is 9.97 Å². The molecule has 2 aromatic rings. The lowest BCUT2D eigenvalue weighted by atomic mass is 10.0. The van der Waals surface area contributed by atoms with Crippen LogP contribution in [0.4, 0.5) is 26.3 Å². The minimum absolute atomic E-state index is 0.0111. The molecule has 5 nitrogen and oxygen atoms in total. The number of benzene rings is 1. The zero-order valence-electron chi connectivity index (χ0n) is 13.1. The number of hydrogen-bond donors (Lipinski definition) is 1. The second kappa shape index (κ2) is 6.81. The topological polar surface area (TPSA) is 66.1 Å². The number of aromatic nitrogens is 2. The fourth-order valence-corrected chi connectivity index (χ4v) is 2.14. The minimum Gasteiger partial charge on any atom is -0.337 e. The van der Waals surface area contributed by atoms with Crippen LogP contribution >= 0.6 is 0 Å². The van der Waals surface area contributed by atoms with E-state index in [1.54, 1.807) is 0 Å². The van der Waals surface area contributed by atoms with Crippen molar-refractivity contribution in [3.63, 3.8) is 0 Å². The molecule has 1 N–H and O–H groups in total. The van der Waals surface area contributed by atoms with Crippen molar-refractivity contribution in [3.05, 3.63) is 63.3 Å². The molecule has 0 saturated heterocycles. The van der Waals surface area contributed by atoms with Gasteiger partial charge in [0.2, 0.25) is 0 Å². The number of amides is 1. The fraction of sp³-hybridized carbons (Fsp3) is 0.267. The van der Waals surface area contributed by atoms with E-state index in [4.69, 9.17) is 0 Å². The van der Waals surface area contributed by atoms with Crippen LogP contribution in [0.15, 0.2) is 35.4 Å². The van der Waals surface area contributed by atoms with E-state index in [1.807, 2.05) is 0 Å². The first-order valence-corrected chi connectivity index (χ1v) is 6.96. The first kappa shape index (κ1) is 19.5. The summed E-state index contributed by atoms with van der Waals surface area (Å²) in [5.41, 5.74) is -4.06. The van der Waals surface area contributed by atoms with Crippen LogP contribution in [0.2, 0.25) is 0 Å². The predicted molar refractivity (Wildman–Crippen MR) is 77.1 cm³/mol. The lowest BCUT2D eigenvalue weighted by Gasteiger charge is -2.19. The van der Waals surface area contributed by atoms with Crippen molar-refractivity contribution in [1.82, 2.24) is 14.9 Å². The molecule has 26 heavy (non-hydrogen) atoms. The first-order valence-electron chi connectivity index (χ1n) is 6.96. The summed E-state index contributed by atoms with van der Waals surface area (Å²) in [4.78, 5) is 29.4. The molecule has 1 amide bonds. The number of rotatable bonds is 3. The molecule has 0 aliphatic heterocycles. The Morgan fingerprint density at radius 1 is 1.08 bits per heavy atom. The van der Waals surface area contributed by atoms with Gasteiger partial charge in [-0.15, -0.1) is 0 Å². The number of alkyl halides is 6. The second-order valence-electron chi connectivity index (χ2n) is 5.38. The van der Waals surface area contributed by atoms with Gasteiger partial charge < -0.3 is 9.88 Å². The highest BCUT2D eigenvalue weighted by atomic mass is 19.4. The molecule has 0 spiro atoms. The van der Waals surface area contributed by atoms with Crippen molar-refractivity contribution < 1.29 is 31.1 Å². The summed E-state index contributed by atoms with van der Waals surface area (Å²) in [5, 5.41) is 0. The van der Waals surface area contributed by atoms with Crippen LogP contribution in [0.5, 0.6) is 0 Å². The lowest BCUT2D eigenvalue weighted by Crippen LogP contribution is -2.27. The maximum Gasteiger partial charge on any atom is 0.416 e. The van der Waals surface area contributed by atoms with Crippen LogP contribution in [-0.4, -0.2) is 27.8 Å². The van der Waals surface area contributed by atoms with E-state index in [0.717, 1.165) is 17.3 Å². The number of nitrogens with zero attached hydrogens (tertiary/aromatic N) is 2. The van der Waals surface area contributed by atoms with E-state index in [-0.39, 0.29) is 17.2 Å². The third-order valence-corrected chi connectivity index (χ3v) is 3.33. The summed E-state index contributed by atoms with van der Waals surface area (Å²) in [6.45, 7) is -0.509. The van der Waals surface area contributed by atoms with Gasteiger partial charge in [-0.3, -0.25) is 4.79 Å². The van der Waals surface area contributed by atoms with E-state index in [9.17, 15) is 35.9 Å². The SMILES string of the molecule is CN(Cc1cc(C(F)(F)F)cc(C(F)(F)F)c1)C(=O)c1cnc(=O)[nH]c1. The second-order valence-corrected chi connectivity index (χ2v) is 5.38. The third-order valence-electron chi connectivity index (χ3n) is 3.33. The Balaban J connectivity index is 2.34. The molecule has 0 aliphatic carbocycles. The smallest absolute Gasteiger partial charge is 0.337 e. The molecule has 2 rings (SSSR count). The molecule has 0 aliphatic rings. The molecule has 0 unspecified atom stereocenters. The van der Waals surface area contributed by atoms with Crippen LogP contribution < -0.4 is 5.69 Å². The van der Waals surface area contributed by atoms with Crippen molar-refractivity contribution in [2.24, 2.45) is 0 Å². The van der Waals surface area contributed by atoms with Gasteiger partial charge in [0, 0.05) is 26.0 Å². The lowest BCUT2D eigenvalue weighted by molar-refractivity contribution is -0.143. The summed E-state index contributed by atoms with van der Waals surface area (Å²) < 4.78 is 77.1. The van der Waals surface area contributed by atoms with Gasteiger partial charge in [0.15, 0.2) is 0 Å². The average Bonchev–Trinajstić information content (AvgIpc) is 2.53. The molecule has 0 radical (unpaired) electrons. The third kappa shape index (κ3) is 4.61. The first-order chi connectivity index (χ1) is 11.9. The molecule has 0 bridgehead atoms. The van der Waals surface area contributed by atoms with Gasteiger partial charge in [0.25, 0.3) is 5.91 Å². The molecular formula is C15H11F6N3O2. The summed E-state index contributed by atoms with van der Waals surface area (Å²) in [6, 6.07) is 1.10. The predicted octanol–water partition coefficient (Wildman–Crippen LogP) is 3.08. The van der Waals surface area contributed by atoms with E-state index in [0.29, 0.717) is 12.1 Å². The van der Waals surface area contributed by atoms with Gasteiger partial charge in [-0.2, -0.15) is 26.3 Å². The molecule has 11 heteroatoms. The molecule has 1 aromatic heterocycles. The maximum atomic E-state index is 12.8. The standard InChI is InChI=1S/C15H11F6N3O2/c1-24(12(25)9-5-22-13(26)23-6-9)7-8-2-10(14(16,17)18)4-11(3-8)15(19,20)21/h2-6H,7H2,1H3,(H,22,23,26). The minimum atomic E-state index is -4.97. The zero-order valence-corrected chi connectivity index (χ0v) is 13.1. The highest BCUT2D eigenvalue weighted by Crippen LogP contribution is 2.36. The van der Waals surface area contributed by atoms with Gasteiger partial charge in [-0.1, -0.05) is 0 Å². The maximum absolute atomic E-state index is 12.8. The Hall–Kier alpha value is -2.85. The molecule has 140 valence electrons. The fourth-order valence-electron chi connectivity index (χ4n) is 2.14. The zero-order chi connectivity index (χ0) is 19.7. The van der Waals surface area contributed by atoms with Crippen molar-refractivity contribution in [1.29, 1.82) is 0 Å². The van der Waals surface area contributed by atoms with Gasteiger partial charge in [0.05, 0.1) is 16.7 Å². The van der Waals surface area contributed by atoms with Crippen molar-refractivity contribution in [2.75, 3.05) is 7.05 Å². The number of hydrogen-bond acceptors (Lipinski definition) is 3. The summed E-state index contributed by atoms with van der Waals surface area (Å²) >= 11 is 0. The van der Waals surface area contributed by atoms with Crippen LogP contribution in [-0.2, 0) is 18.9 Å². The number of carbonyl (C=O) groups excluding carboxylic acids is 1. The van der Waals surface area contributed by atoms with Crippen molar-refractivity contribution in [2.45, 2.75) is 18.9 Å². The molecule has 1 heterocycles. The van der Waals surface area contributed by atoms with E-state index >= 15 is 0 Å². The van der Waals surface area contributed by atoms with Crippen LogP contribution in [0.25, 0.3) is 0 Å². The van der Waals surface area contributed by atoms with E-state index in [1.165, 1.54) is 7.05 Å². The summed E-state index contributed by atoms with van der Waals surface area (Å²) in [5.74, 6) is -0.736. The van der Waals surface area contributed by atoms with Gasteiger partial charge in [-0.05, 0) is 23.8 Å². The molecular weight excluding hydrogens is 368 g/mol. The number of aromatic amines is 1. The Labute approximate surface area is 142 Å². The molecule has 0 fully saturated rings. The largest absolute Gasteiger partial charge is 0.416 e. The quantitative estimate of drug-likeness (QED) is 0.834. The Kier molecular flexibility index (Phi) is 5.10. The van der Waals surface area contributed by atoms with E-state index < -0.39 is 41.6 Å². The summed E-state index contributed by atoms with van der Waals surface area (Å²) in [6.07, 6.45) is -7.95. The highest BCUT2D eigenvalue weighted by molar-refractivity contribution is 5.93. The van der Waals surface area contributed by atoms with Crippen molar-refractivity contribution in [3.8, 4) is 0 Å². The van der Waals surface area contributed by atoms with Crippen LogP contribution in [0, 0.1) is 0 Å². The molecule has 0 atom stereocenters. The number of nitrogens with one attached hydrogen (secondary N) is 1. The average molecular weight is 379 g/mol. The Bertz CT molecular complexity index is 820. The highest BCUT2D eigenvalue weighted by Gasteiger charge is 2.37. The van der Waals surface area contributed by atoms with Crippen molar-refractivity contribution >= 4 is 5.91 Å². The number of carbonyl (C=O) groups is 1. The Morgan fingerprint density at radius 3 is 2.04 bits per heavy atom. The van der Waals surface area contributed by atoms with Crippen LogP contribution in [0.3, 0.4) is 0 Å². The number of H-pyrrole nitrogens is 1.